The summed E-state index contributed by atoms with van der Waals surface area (Å²) in [5.74, 6) is -0.644. The van der Waals surface area contributed by atoms with E-state index in [1.165, 1.54) is 17.0 Å². The third-order valence-corrected chi connectivity index (χ3v) is 3.89. The van der Waals surface area contributed by atoms with Crippen LogP contribution in [-0.4, -0.2) is 32.6 Å². The summed E-state index contributed by atoms with van der Waals surface area (Å²) in [6, 6.07) is 11.6. The topological polar surface area (TPSA) is 51.0 Å². The van der Waals surface area contributed by atoms with Gasteiger partial charge in [0.25, 0.3) is 5.91 Å². The number of carbonyl (C=O) groups is 1. The zero-order valence-corrected chi connectivity index (χ0v) is 13.6. The van der Waals surface area contributed by atoms with Crippen molar-refractivity contribution in [3.8, 4) is 5.69 Å². The molecule has 3 rings (SSSR count). The van der Waals surface area contributed by atoms with Crippen molar-refractivity contribution < 1.29 is 9.18 Å². The fourth-order valence-electron chi connectivity index (χ4n) is 2.31. The van der Waals surface area contributed by atoms with Gasteiger partial charge in [0.1, 0.15) is 18.5 Å². The quantitative estimate of drug-likeness (QED) is 0.729. The summed E-state index contributed by atoms with van der Waals surface area (Å²) in [6.07, 6.45) is 3.16. The van der Waals surface area contributed by atoms with Crippen molar-refractivity contribution in [3.63, 3.8) is 0 Å². The molecule has 122 valence electrons. The predicted octanol–water partition coefficient (Wildman–Crippen LogP) is 3.33. The van der Waals surface area contributed by atoms with Crippen LogP contribution >= 0.6 is 11.6 Å². The van der Waals surface area contributed by atoms with Crippen LogP contribution in [0.4, 0.5) is 4.39 Å². The molecule has 1 amide bonds. The van der Waals surface area contributed by atoms with Crippen LogP contribution in [0.3, 0.4) is 0 Å². The molecule has 3 aromatic rings. The van der Waals surface area contributed by atoms with Gasteiger partial charge >= 0.3 is 0 Å². The Bertz CT molecular complexity index is 850. The molecule has 0 radical (unpaired) electrons. The summed E-state index contributed by atoms with van der Waals surface area (Å²) in [7, 11) is 1.67. The smallest absolute Gasteiger partial charge is 0.253 e. The monoisotopic (exact) mass is 344 g/mol. The highest BCUT2D eigenvalue weighted by atomic mass is 35.5. The summed E-state index contributed by atoms with van der Waals surface area (Å²) >= 11 is 5.67. The van der Waals surface area contributed by atoms with E-state index in [1.807, 2.05) is 12.1 Å². The molecule has 1 heterocycles. The molecule has 0 aliphatic carbocycles. The number of rotatable bonds is 4. The number of halogens is 2. The summed E-state index contributed by atoms with van der Waals surface area (Å²) in [6.45, 7) is 0.292. The SMILES string of the molecule is CN(Cc1ccc(Cl)c(F)c1)C(=O)c1ccc(-n2cnnc2)cc1. The summed E-state index contributed by atoms with van der Waals surface area (Å²) in [5, 5.41) is 7.55. The molecule has 0 unspecified atom stereocenters. The maximum Gasteiger partial charge on any atom is 0.253 e. The van der Waals surface area contributed by atoms with Gasteiger partial charge in [0, 0.05) is 24.8 Å². The minimum Gasteiger partial charge on any atom is -0.337 e. The largest absolute Gasteiger partial charge is 0.337 e. The standard InChI is InChI=1S/C17H14ClFN4O/c1-22(9-12-2-7-15(18)16(19)8-12)17(24)13-3-5-14(6-4-13)23-10-20-21-11-23/h2-8,10-11H,9H2,1H3. The maximum atomic E-state index is 13.5. The first-order valence-electron chi connectivity index (χ1n) is 7.19. The van der Waals surface area contributed by atoms with E-state index in [4.69, 9.17) is 11.6 Å². The fourth-order valence-corrected chi connectivity index (χ4v) is 2.43. The average Bonchev–Trinajstić information content (AvgIpc) is 3.12. The number of hydrogen-bond acceptors (Lipinski definition) is 3. The Labute approximate surface area is 143 Å². The molecule has 2 aromatic carbocycles. The molecular formula is C17H14ClFN4O. The molecule has 0 N–H and O–H groups in total. The van der Waals surface area contributed by atoms with Gasteiger partial charge in [-0.25, -0.2) is 4.39 Å². The molecule has 1 aromatic heterocycles. The number of benzene rings is 2. The second-order valence-electron chi connectivity index (χ2n) is 5.33. The highest BCUT2D eigenvalue weighted by Crippen LogP contribution is 2.17. The fraction of sp³-hybridized carbons (Fsp3) is 0.118. The number of nitrogens with zero attached hydrogens (tertiary/aromatic N) is 4. The van der Waals surface area contributed by atoms with Crippen molar-refractivity contribution in [1.82, 2.24) is 19.7 Å². The van der Waals surface area contributed by atoms with Crippen molar-refractivity contribution in [2.45, 2.75) is 6.54 Å². The van der Waals surface area contributed by atoms with Crippen molar-refractivity contribution in [2.75, 3.05) is 7.05 Å². The Morgan fingerprint density at radius 1 is 1.17 bits per heavy atom. The van der Waals surface area contributed by atoms with Crippen LogP contribution in [-0.2, 0) is 6.54 Å². The van der Waals surface area contributed by atoms with Gasteiger partial charge in [0.15, 0.2) is 0 Å². The van der Waals surface area contributed by atoms with Crippen LogP contribution in [0.15, 0.2) is 55.1 Å². The molecule has 0 atom stereocenters. The van der Waals surface area contributed by atoms with Crippen LogP contribution in [0.2, 0.25) is 5.02 Å². The van der Waals surface area contributed by atoms with E-state index in [2.05, 4.69) is 10.2 Å². The molecule has 0 bridgehead atoms. The van der Waals surface area contributed by atoms with E-state index < -0.39 is 5.82 Å². The van der Waals surface area contributed by atoms with E-state index in [9.17, 15) is 9.18 Å². The summed E-state index contributed by atoms with van der Waals surface area (Å²) in [4.78, 5) is 14.0. The Balaban J connectivity index is 1.72. The Kier molecular flexibility index (Phi) is 4.57. The molecule has 0 saturated heterocycles. The zero-order valence-electron chi connectivity index (χ0n) is 12.9. The molecule has 0 aliphatic rings. The minimum atomic E-state index is -0.492. The van der Waals surface area contributed by atoms with Crippen molar-refractivity contribution >= 4 is 17.5 Å². The van der Waals surface area contributed by atoms with Crippen molar-refractivity contribution in [3.05, 3.63) is 77.1 Å². The van der Waals surface area contributed by atoms with Crippen LogP contribution in [0.1, 0.15) is 15.9 Å². The van der Waals surface area contributed by atoms with Crippen LogP contribution in [0.25, 0.3) is 5.69 Å². The Morgan fingerprint density at radius 3 is 2.46 bits per heavy atom. The third-order valence-electron chi connectivity index (χ3n) is 3.58. The Morgan fingerprint density at radius 2 is 1.83 bits per heavy atom. The number of hydrogen-bond donors (Lipinski definition) is 0. The van der Waals surface area contributed by atoms with Gasteiger partial charge < -0.3 is 4.90 Å². The maximum absolute atomic E-state index is 13.5. The molecule has 7 heteroatoms. The van der Waals surface area contributed by atoms with Gasteiger partial charge in [-0.05, 0) is 42.0 Å². The van der Waals surface area contributed by atoms with Gasteiger partial charge in [0.2, 0.25) is 0 Å². The van der Waals surface area contributed by atoms with Gasteiger partial charge in [-0.1, -0.05) is 17.7 Å². The molecule has 5 nitrogen and oxygen atoms in total. The number of carbonyl (C=O) groups excluding carboxylic acids is 1. The summed E-state index contributed by atoms with van der Waals surface area (Å²) in [5.41, 5.74) is 2.08. The van der Waals surface area contributed by atoms with E-state index >= 15 is 0 Å². The van der Waals surface area contributed by atoms with E-state index in [-0.39, 0.29) is 10.9 Å². The lowest BCUT2D eigenvalue weighted by Gasteiger charge is -2.18. The molecule has 0 saturated carbocycles. The van der Waals surface area contributed by atoms with Crippen molar-refractivity contribution in [1.29, 1.82) is 0 Å². The van der Waals surface area contributed by atoms with E-state index in [0.29, 0.717) is 17.7 Å². The lowest BCUT2D eigenvalue weighted by atomic mass is 10.1. The van der Waals surface area contributed by atoms with Crippen LogP contribution in [0, 0.1) is 5.82 Å². The highest BCUT2D eigenvalue weighted by Gasteiger charge is 2.13. The number of amides is 1. The van der Waals surface area contributed by atoms with Gasteiger partial charge in [-0.3, -0.25) is 9.36 Å². The van der Waals surface area contributed by atoms with Crippen LogP contribution in [0.5, 0.6) is 0 Å². The van der Waals surface area contributed by atoms with Crippen LogP contribution < -0.4 is 0 Å². The average molecular weight is 345 g/mol. The molecule has 24 heavy (non-hydrogen) atoms. The Hall–Kier alpha value is -2.73. The van der Waals surface area contributed by atoms with Crippen molar-refractivity contribution in [2.24, 2.45) is 0 Å². The van der Waals surface area contributed by atoms with Gasteiger partial charge in [-0.2, -0.15) is 0 Å². The molecule has 0 aliphatic heterocycles. The first-order valence-corrected chi connectivity index (χ1v) is 7.57. The normalized spacial score (nSPS) is 10.6. The lowest BCUT2D eigenvalue weighted by Crippen LogP contribution is -2.26. The lowest BCUT2D eigenvalue weighted by molar-refractivity contribution is 0.0785. The van der Waals surface area contributed by atoms with Gasteiger partial charge in [-0.15, -0.1) is 10.2 Å². The van der Waals surface area contributed by atoms with E-state index in [1.54, 1.807) is 42.5 Å². The molecule has 0 spiro atoms. The first-order chi connectivity index (χ1) is 11.5. The van der Waals surface area contributed by atoms with Gasteiger partial charge in [0.05, 0.1) is 5.02 Å². The number of aromatic nitrogens is 3. The zero-order chi connectivity index (χ0) is 17.1. The predicted molar refractivity (Wildman–Crippen MR) is 88.6 cm³/mol. The second kappa shape index (κ2) is 6.80. The molecule has 0 fully saturated rings. The second-order valence-corrected chi connectivity index (χ2v) is 5.73. The van der Waals surface area contributed by atoms with E-state index in [0.717, 1.165) is 5.69 Å². The highest BCUT2D eigenvalue weighted by molar-refractivity contribution is 6.30. The third kappa shape index (κ3) is 3.44. The minimum absolute atomic E-state index is 0.0670. The summed E-state index contributed by atoms with van der Waals surface area (Å²) < 4.78 is 15.2. The first kappa shape index (κ1) is 16.1. The molecular weight excluding hydrogens is 331 g/mol.